The van der Waals surface area contributed by atoms with E-state index in [1.807, 2.05) is 31.2 Å². The zero-order valence-electron chi connectivity index (χ0n) is 12.8. The summed E-state index contributed by atoms with van der Waals surface area (Å²) in [4.78, 5) is 11.6. The summed E-state index contributed by atoms with van der Waals surface area (Å²) in [5, 5.41) is 9.49. The number of aliphatic carboxylic acids is 1. The average molecular weight is 298 g/mol. The molecule has 0 bridgehead atoms. The van der Waals surface area contributed by atoms with Gasteiger partial charge in [0, 0.05) is 0 Å². The molecule has 1 N–H and O–H groups in total. The van der Waals surface area contributed by atoms with Gasteiger partial charge < -0.3 is 14.6 Å². The van der Waals surface area contributed by atoms with E-state index in [-0.39, 0.29) is 5.57 Å². The van der Waals surface area contributed by atoms with Gasteiger partial charge in [-0.05, 0) is 36.3 Å². The molecule has 0 fully saturated rings. The number of carboxylic acid groups (broad SMARTS) is 1. The molecule has 0 amide bonds. The van der Waals surface area contributed by atoms with E-state index in [0.29, 0.717) is 17.1 Å². The molecule has 0 aromatic heterocycles. The third kappa shape index (κ3) is 3.47. The van der Waals surface area contributed by atoms with Gasteiger partial charge in [-0.1, -0.05) is 35.9 Å². The third-order valence-electron chi connectivity index (χ3n) is 3.31. The van der Waals surface area contributed by atoms with Crippen molar-refractivity contribution in [2.45, 2.75) is 6.92 Å². The maximum atomic E-state index is 11.6. The van der Waals surface area contributed by atoms with Crippen LogP contribution in [-0.4, -0.2) is 25.3 Å². The number of hydrogen-bond acceptors (Lipinski definition) is 3. The first kappa shape index (κ1) is 15.6. The quantitative estimate of drug-likeness (QED) is 0.676. The highest BCUT2D eigenvalue weighted by molar-refractivity contribution is 6.20. The van der Waals surface area contributed by atoms with E-state index in [1.165, 1.54) is 14.2 Å². The highest BCUT2D eigenvalue weighted by Gasteiger charge is 2.13. The van der Waals surface area contributed by atoms with E-state index < -0.39 is 5.97 Å². The highest BCUT2D eigenvalue weighted by Crippen LogP contribution is 2.31. The Bertz CT molecular complexity index is 700. The van der Waals surface area contributed by atoms with E-state index in [4.69, 9.17) is 9.47 Å². The number of rotatable bonds is 5. The van der Waals surface area contributed by atoms with Crippen LogP contribution in [0, 0.1) is 6.92 Å². The van der Waals surface area contributed by atoms with E-state index in [1.54, 1.807) is 24.3 Å². The number of aryl methyl sites for hydroxylation is 1. The van der Waals surface area contributed by atoms with Crippen molar-refractivity contribution in [3.05, 3.63) is 59.2 Å². The minimum atomic E-state index is -0.993. The molecule has 0 aliphatic heterocycles. The molecular weight excluding hydrogens is 280 g/mol. The predicted molar refractivity (Wildman–Crippen MR) is 86.2 cm³/mol. The number of ether oxygens (including phenoxy) is 2. The van der Waals surface area contributed by atoms with Gasteiger partial charge in [0.25, 0.3) is 0 Å². The van der Waals surface area contributed by atoms with Gasteiger partial charge in [-0.25, -0.2) is 4.79 Å². The Labute approximate surface area is 129 Å². The lowest BCUT2D eigenvalue weighted by atomic mass is 10.0. The van der Waals surface area contributed by atoms with Gasteiger partial charge >= 0.3 is 5.97 Å². The van der Waals surface area contributed by atoms with E-state index >= 15 is 0 Å². The van der Waals surface area contributed by atoms with Crippen LogP contribution in [0.2, 0.25) is 0 Å². The number of methoxy groups -OCH3 is 2. The highest BCUT2D eigenvalue weighted by atomic mass is 16.5. The van der Waals surface area contributed by atoms with Crippen molar-refractivity contribution in [1.82, 2.24) is 0 Å². The molecule has 0 radical (unpaired) electrons. The smallest absolute Gasteiger partial charge is 0.336 e. The van der Waals surface area contributed by atoms with E-state index in [0.717, 1.165) is 11.1 Å². The lowest BCUT2D eigenvalue weighted by Gasteiger charge is -2.10. The molecule has 0 saturated heterocycles. The minimum absolute atomic E-state index is 0.199. The molecule has 0 aliphatic carbocycles. The molecule has 2 aromatic carbocycles. The zero-order valence-corrected chi connectivity index (χ0v) is 12.8. The summed E-state index contributed by atoms with van der Waals surface area (Å²) in [6.45, 7) is 1.99. The van der Waals surface area contributed by atoms with Crippen LogP contribution in [0.15, 0.2) is 42.5 Å². The number of carbonyl (C=O) groups is 1. The third-order valence-corrected chi connectivity index (χ3v) is 3.31. The summed E-state index contributed by atoms with van der Waals surface area (Å²) in [6, 6.07) is 12.7. The number of hydrogen-bond donors (Lipinski definition) is 1. The Morgan fingerprint density at radius 2 is 1.64 bits per heavy atom. The first-order valence-corrected chi connectivity index (χ1v) is 6.79. The van der Waals surface area contributed by atoms with E-state index in [2.05, 4.69) is 0 Å². The van der Waals surface area contributed by atoms with Crippen LogP contribution in [0.3, 0.4) is 0 Å². The molecule has 0 spiro atoms. The maximum absolute atomic E-state index is 11.6. The fourth-order valence-corrected chi connectivity index (χ4v) is 2.10. The van der Waals surface area contributed by atoms with Crippen LogP contribution in [0.5, 0.6) is 11.5 Å². The molecule has 22 heavy (non-hydrogen) atoms. The monoisotopic (exact) mass is 298 g/mol. The van der Waals surface area contributed by atoms with Crippen molar-refractivity contribution in [1.29, 1.82) is 0 Å². The summed E-state index contributed by atoms with van der Waals surface area (Å²) in [5.41, 5.74) is 2.72. The van der Waals surface area contributed by atoms with Crippen LogP contribution >= 0.6 is 0 Å². The normalized spacial score (nSPS) is 11.1. The molecule has 0 atom stereocenters. The SMILES string of the molecule is COc1ccc(/C(=C\c2ccc(C)cc2)C(=O)O)cc1OC. The van der Waals surface area contributed by atoms with E-state index in [9.17, 15) is 9.90 Å². The minimum Gasteiger partial charge on any atom is -0.493 e. The molecule has 2 rings (SSSR count). The second kappa shape index (κ2) is 6.80. The lowest BCUT2D eigenvalue weighted by molar-refractivity contribution is -0.130. The fraction of sp³-hybridized carbons (Fsp3) is 0.167. The Balaban J connectivity index is 2.48. The van der Waals surface area contributed by atoms with Gasteiger partial charge in [-0.2, -0.15) is 0 Å². The van der Waals surface area contributed by atoms with Crippen molar-refractivity contribution in [2.75, 3.05) is 14.2 Å². The van der Waals surface area contributed by atoms with Crippen LogP contribution in [-0.2, 0) is 4.79 Å². The predicted octanol–water partition coefficient (Wildman–Crippen LogP) is 3.64. The first-order valence-electron chi connectivity index (χ1n) is 6.79. The Morgan fingerprint density at radius 3 is 2.18 bits per heavy atom. The second-order valence-electron chi connectivity index (χ2n) is 4.84. The molecule has 4 nitrogen and oxygen atoms in total. The Kier molecular flexibility index (Phi) is 4.84. The molecule has 0 unspecified atom stereocenters. The van der Waals surface area contributed by atoms with Crippen molar-refractivity contribution < 1.29 is 19.4 Å². The summed E-state index contributed by atoms with van der Waals surface area (Å²) in [7, 11) is 3.06. The molecule has 4 heteroatoms. The largest absolute Gasteiger partial charge is 0.493 e. The molecular formula is C18H18O4. The summed E-state index contributed by atoms with van der Waals surface area (Å²) in [5.74, 6) is 0.0650. The van der Waals surface area contributed by atoms with Crippen molar-refractivity contribution >= 4 is 17.6 Å². The summed E-state index contributed by atoms with van der Waals surface area (Å²) >= 11 is 0. The van der Waals surface area contributed by atoms with Gasteiger partial charge in [0.15, 0.2) is 11.5 Å². The van der Waals surface area contributed by atoms with Gasteiger partial charge in [0.2, 0.25) is 0 Å². The molecule has 0 aliphatic rings. The summed E-state index contributed by atoms with van der Waals surface area (Å²) in [6.07, 6.45) is 1.64. The molecule has 114 valence electrons. The van der Waals surface area contributed by atoms with Gasteiger partial charge in [0.1, 0.15) is 0 Å². The topological polar surface area (TPSA) is 55.8 Å². The standard InChI is InChI=1S/C18H18O4/c1-12-4-6-13(7-5-12)10-15(18(19)20)14-8-9-16(21-2)17(11-14)22-3/h4-11H,1-3H3,(H,19,20)/b15-10+. The van der Waals surface area contributed by atoms with Crippen molar-refractivity contribution in [3.63, 3.8) is 0 Å². The maximum Gasteiger partial charge on any atom is 0.336 e. The first-order chi connectivity index (χ1) is 10.5. The molecule has 2 aromatic rings. The number of carboxylic acids is 1. The zero-order chi connectivity index (χ0) is 16.1. The van der Waals surface area contributed by atoms with Gasteiger partial charge in [0.05, 0.1) is 19.8 Å². The van der Waals surface area contributed by atoms with Crippen molar-refractivity contribution in [3.8, 4) is 11.5 Å². The van der Waals surface area contributed by atoms with Crippen LogP contribution in [0.4, 0.5) is 0 Å². The Morgan fingerprint density at radius 1 is 1.00 bits per heavy atom. The average Bonchev–Trinajstić information content (AvgIpc) is 2.53. The fourth-order valence-electron chi connectivity index (χ4n) is 2.10. The molecule has 0 heterocycles. The number of benzene rings is 2. The summed E-state index contributed by atoms with van der Waals surface area (Å²) < 4.78 is 10.4. The van der Waals surface area contributed by atoms with Crippen LogP contribution in [0.1, 0.15) is 16.7 Å². The van der Waals surface area contributed by atoms with Crippen LogP contribution < -0.4 is 9.47 Å². The van der Waals surface area contributed by atoms with Gasteiger partial charge in [-0.3, -0.25) is 0 Å². The van der Waals surface area contributed by atoms with Gasteiger partial charge in [-0.15, -0.1) is 0 Å². The lowest BCUT2D eigenvalue weighted by Crippen LogP contribution is -2.01. The van der Waals surface area contributed by atoms with Crippen LogP contribution in [0.25, 0.3) is 11.6 Å². The van der Waals surface area contributed by atoms with Crippen molar-refractivity contribution in [2.24, 2.45) is 0 Å². The Hall–Kier alpha value is -2.75. The molecule has 0 saturated carbocycles. The second-order valence-corrected chi connectivity index (χ2v) is 4.84.